The van der Waals surface area contributed by atoms with Crippen molar-refractivity contribution in [3.8, 4) is 0 Å². The lowest BCUT2D eigenvalue weighted by Gasteiger charge is -2.05. The SMILES string of the molecule is NC(=O)CONC(=O)c1ccc(N)c(Br)c1. The van der Waals surface area contributed by atoms with Crippen molar-refractivity contribution in [2.24, 2.45) is 5.73 Å². The van der Waals surface area contributed by atoms with Crippen LogP contribution in [-0.2, 0) is 9.63 Å². The highest BCUT2D eigenvalue weighted by molar-refractivity contribution is 9.10. The molecule has 7 heteroatoms. The van der Waals surface area contributed by atoms with Crippen LogP contribution in [-0.4, -0.2) is 18.4 Å². The molecular weight excluding hydrogens is 278 g/mol. The molecule has 1 aromatic carbocycles. The maximum Gasteiger partial charge on any atom is 0.274 e. The minimum absolute atomic E-state index is 0.352. The second-order valence-electron chi connectivity index (χ2n) is 2.92. The Balaban J connectivity index is 2.59. The predicted molar refractivity (Wildman–Crippen MR) is 61.2 cm³/mol. The molecule has 0 aliphatic heterocycles. The van der Waals surface area contributed by atoms with E-state index >= 15 is 0 Å². The molecule has 0 aliphatic carbocycles. The number of amides is 2. The molecule has 5 N–H and O–H groups in total. The zero-order valence-corrected chi connectivity index (χ0v) is 9.78. The third kappa shape index (κ3) is 3.52. The van der Waals surface area contributed by atoms with Crippen molar-refractivity contribution in [2.75, 3.05) is 12.3 Å². The molecule has 0 aliphatic rings. The summed E-state index contributed by atoms with van der Waals surface area (Å²) in [5, 5.41) is 0. The molecule has 0 radical (unpaired) electrons. The fourth-order valence-corrected chi connectivity index (χ4v) is 1.28. The summed E-state index contributed by atoms with van der Waals surface area (Å²) in [5.74, 6) is -1.15. The summed E-state index contributed by atoms with van der Waals surface area (Å²) >= 11 is 3.19. The number of carbonyl (C=O) groups excluding carboxylic acids is 2. The maximum atomic E-state index is 11.4. The number of hydroxylamine groups is 1. The summed E-state index contributed by atoms with van der Waals surface area (Å²) in [4.78, 5) is 26.3. The molecule has 1 rings (SSSR count). The number of nitrogens with two attached hydrogens (primary N) is 2. The zero-order valence-electron chi connectivity index (χ0n) is 8.20. The molecule has 0 fully saturated rings. The first kappa shape index (κ1) is 12.5. The van der Waals surface area contributed by atoms with E-state index in [0.717, 1.165) is 0 Å². The van der Waals surface area contributed by atoms with Gasteiger partial charge < -0.3 is 11.5 Å². The number of carbonyl (C=O) groups is 2. The van der Waals surface area contributed by atoms with E-state index in [2.05, 4.69) is 26.2 Å². The average Bonchev–Trinajstić information content (AvgIpc) is 2.21. The normalized spacial score (nSPS) is 9.81. The second-order valence-corrected chi connectivity index (χ2v) is 3.78. The summed E-state index contributed by atoms with van der Waals surface area (Å²) in [5.41, 5.74) is 13.3. The first-order valence-electron chi connectivity index (χ1n) is 4.26. The van der Waals surface area contributed by atoms with Crippen molar-refractivity contribution in [3.63, 3.8) is 0 Å². The van der Waals surface area contributed by atoms with Crippen LogP contribution in [0.1, 0.15) is 10.4 Å². The van der Waals surface area contributed by atoms with Gasteiger partial charge in [0.2, 0.25) is 5.91 Å². The first-order chi connectivity index (χ1) is 7.50. The van der Waals surface area contributed by atoms with Crippen LogP contribution in [0.25, 0.3) is 0 Å². The van der Waals surface area contributed by atoms with Gasteiger partial charge in [-0.1, -0.05) is 0 Å². The first-order valence-corrected chi connectivity index (χ1v) is 5.05. The molecule has 1 aromatic rings. The predicted octanol–water partition coefficient (Wildman–Crippen LogP) is 0.178. The van der Waals surface area contributed by atoms with E-state index in [1.807, 2.05) is 0 Å². The van der Waals surface area contributed by atoms with Crippen molar-refractivity contribution in [1.82, 2.24) is 5.48 Å². The molecule has 6 nitrogen and oxygen atoms in total. The summed E-state index contributed by atoms with van der Waals surface area (Å²) in [6.07, 6.45) is 0. The van der Waals surface area contributed by atoms with Gasteiger partial charge in [-0.3, -0.25) is 14.4 Å². The lowest BCUT2D eigenvalue weighted by atomic mass is 10.2. The molecule has 16 heavy (non-hydrogen) atoms. The Labute approximate surface area is 100 Å². The second kappa shape index (κ2) is 5.47. The van der Waals surface area contributed by atoms with Crippen molar-refractivity contribution in [2.45, 2.75) is 0 Å². The monoisotopic (exact) mass is 287 g/mol. The van der Waals surface area contributed by atoms with E-state index < -0.39 is 11.8 Å². The van der Waals surface area contributed by atoms with Gasteiger partial charge >= 0.3 is 0 Å². The van der Waals surface area contributed by atoms with E-state index in [4.69, 9.17) is 11.5 Å². The Bertz CT molecular complexity index is 422. The van der Waals surface area contributed by atoms with Crippen LogP contribution >= 0.6 is 15.9 Å². The third-order valence-corrected chi connectivity index (χ3v) is 2.33. The molecule has 0 unspecified atom stereocenters. The van der Waals surface area contributed by atoms with E-state index in [9.17, 15) is 9.59 Å². The van der Waals surface area contributed by atoms with Gasteiger partial charge in [0.1, 0.15) is 0 Å². The van der Waals surface area contributed by atoms with E-state index in [1.54, 1.807) is 6.07 Å². The van der Waals surface area contributed by atoms with Crippen molar-refractivity contribution < 1.29 is 14.4 Å². The largest absolute Gasteiger partial charge is 0.398 e. The third-order valence-electron chi connectivity index (χ3n) is 1.64. The number of benzene rings is 1. The molecule has 2 amide bonds. The molecule has 86 valence electrons. The fourth-order valence-electron chi connectivity index (χ4n) is 0.900. The molecule has 0 aromatic heterocycles. The number of rotatable bonds is 4. The van der Waals surface area contributed by atoms with E-state index in [-0.39, 0.29) is 6.61 Å². The molecule has 0 atom stereocenters. The smallest absolute Gasteiger partial charge is 0.274 e. The Hall–Kier alpha value is -1.60. The summed E-state index contributed by atoms with van der Waals surface area (Å²) < 4.78 is 0.607. The van der Waals surface area contributed by atoms with Gasteiger partial charge in [0, 0.05) is 15.7 Å². The van der Waals surface area contributed by atoms with Crippen LogP contribution < -0.4 is 16.9 Å². The van der Waals surface area contributed by atoms with Crippen LogP contribution in [0.3, 0.4) is 0 Å². The Kier molecular flexibility index (Phi) is 4.27. The molecule has 0 saturated heterocycles. The average molecular weight is 288 g/mol. The van der Waals surface area contributed by atoms with Crippen molar-refractivity contribution >= 4 is 33.4 Å². The molecule has 0 heterocycles. The van der Waals surface area contributed by atoms with Gasteiger partial charge in [-0.15, -0.1) is 0 Å². The fraction of sp³-hybridized carbons (Fsp3) is 0.111. The van der Waals surface area contributed by atoms with Crippen LogP contribution in [0.5, 0.6) is 0 Å². The Morgan fingerprint density at radius 3 is 2.69 bits per heavy atom. The minimum Gasteiger partial charge on any atom is -0.398 e. The summed E-state index contributed by atoms with van der Waals surface area (Å²) in [7, 11) is 0. The van der Waals surface area contributed by atoms with Crippen LogP contribution in [0.4, 0.5) is 5.69 Å². The number of primary amides is 1. The molecule has 0 spiro atoms. The van der Waals surface area contributed by atoms with Gasteiger partial charge in [0.05, 0.1) is 0 Å². The standard InChI is InChI=1S/C9H10BrN3O3/c10-6-3-5(1-2-7(6)11)9(15)13-16-4-8(12)14/h1-3H,4,11H2,(H2,12,14)(H,13,15). The van der Waals surface area contributed by atoms with E-state index in [1.165, 1.54) is 12.1 Å². The number of halogens is 1. The number of nitrogens with one attached hydrogen (secondary N) is 1. The quantitative estimate of drug-likeness (QED) is 0.542. The Morgan fingerprint density at radius 2 is 2.12 bits per heavy atom. The van der Waals surface area contributed by atoms with Gasteiger partial charge in [-0.2, -0.15) is 0 Å². The van der Waals surface area contributed by atoms with Crippen molar-refractivity contribution in [1.29, 1.82) is 0 Å². The minimum atomic E-state index is -0.668. The van der Waals surface area contributed by atoms with Crippen LogP contribution in [0.2, 0.25) is 0 Å². The van der Waals surface area contributed by atoms with Gasteiger partial charge in [0.15, 0.2) is 6.61 Å². The molecule has 0 bridgehead atoms. The highest BCUT2D eigenvalue weighted by Crippen LogP contribution is 2.20. The van der Waals surface area contributed by atoms with Gasteiger partial charge in [-0.05, 0) is 34.1 Å². The Morgan fingerprint density at radius 1 is 1.44 bits per heavy atom. The molecule has 0 saturated carbocycles. The van der Waals surface area contributed by atoms with Crippen LogP contribution in [0.15, 0.2) is 22.7 Å². The number of anilines is 1. The summed E-state index contributed by atoms with van der Waals surface area (Å²) in [6, 6.07) is 4.65. The highest BCUT2D eigenvalue weighted by Gasteiger charge is 2.07. The maximum absolute atomic E-state index is 11.4. The van der Waals surface area contributed by atoms with E-state index in [0.29, 0.717) is 15.7 Å². The van der Waals surface area contributed by atoms with Crippen molar-refractivity contribution in [3.05, 3.63) is 28.2 Å². The highest BCUT2D eigenvalue weighted by atomic mass is 79.9. The zero-order chi connectivity index (χ0) is 12.1. The summed E-state index contributed by atoms with van der Waals surface area (Å²) in [6.45, 7) is -0.373. The van der Waals surface area contributed by atoms with Gasteiger partial charge in [-0.25, -0.2) is 5.48 Å². The number of nitrogen functional groups attached to an aromatic ring is 1. The topological polar surface area (TPSA) is 107 Å². The molecular formula is C9H10BrN3O3. The van der Waals surface area contributed by atoms with Gasteiger partial charge in [0.25, 0.3) is 5.91 Å². The lowest BCUT2D eigenvalue weighted by Crippen LogP contribution is -2.29. The lowest BCUT2D eigenvalue weighted by molar-refractivity contribution is -0.124. The number of hydrogen-bond donors (Lipinski definition) is 3. The van der Waals surface area contributed by atoms with Crippen LogP contribution in [0, 0.1) is 0 Å². The number of hydrogen-bond acceptors (Lipinski definition) is 4.